The number of anilines is 2. The first-order valence-corrected chi connectivity index (χ1v) is 7.89. The number of methoxy groups -OCH3 is 1. The van der Waals surface area contributed by atoms with Gasteiger partial charge in [-0.15, -0.1) is 10.2 Å². The minimum atomic E-state index is -0.552. The monoisotopic (exact) mass is 347 g/mol. The van der Waals surface area contributed by atoms with E-state index in [0.29, 0.717) is 44.3 Å². The van der Waals surface area contributed by atoms with E-state index in [1.54, 1.807) is 24.1 Å². The van der Waals surface area contributed by atoms with Gasteiger partial charge >= 0.3 is 0 Å². The molecule has 0 aliphatic carbocycles. The SMILES string of the molecule is COCCCNC(=O)c1nnc2n(c1=O)CCN2c1ccc(F)cc1. The second kappa shape index (κ2) is 7.39. The molecule has 0 saturated carbocycles. The van der Waals surface area contributed by atoms with Crippen LogP contribution in [0.25, 0.3) is 0 Å². The van der Waals surface area contributed by atoms with E-state index >= 15 is 0 Å². The van der Waals surface area contributed by atoms with Crippen LogP contribution in [0.3, 0.4) is 0 Å². The molecule has 0 saturated heterocycles. The number of halogens is 1. The fourth-order valence-corrected chi connectivity index (χ4v) is 2.62. The molecule has 9 heteroatoms. The van der Waals surface area contributed by atoms with Crippen molar-refractivity contribution < 1.29 is 13.9 Å². The zero-order chi connectivity index (χ0) is 17.8. The Labute approximate surface area is 143 Å². The van der Waals surface area contributed by atoms with E-state index in [1.807, 2.05) is 0 Å². The summed E-state index contributed by atoms with van der Waals surface area (Å²) in [6, 6.07) is 5.89. The quantitative estimate of drug-likeness (QED) is 0.774. The van der Waals surface area contributed by atoms with Crippen molar-refractivity contribution in [1.82, 2.24) is 20.1 Å². The largest absolute Gasteiger partial charge is 0.385 e. The minimum Gasteiger partial charge on any atom is -0.385 e. The lowest BCUT2D eigenvalue weighted by Crippen LogP contribution is -2.35. The van der Waals surface area contributed by atoms with Gasteiger partial charge in [-0.3, -0.25) is 14.2 Å². The number of benzene rings is 1. The van der Waals surface area contributed by atoms with Crippen LogP contribution in [0.5, 0.6) is 0 Å². The number of carbonyl (C=O) groups excluding carboxylic acids is 1. The van der Waals surface area contributed by atoms with Gasteiger partial charge in [0.1, 0.15) is 5.82 Å². The predicted octanol–water partition coefficient (Wildman–Crippen LogP) is 0.695. The molecule has 0 fully saturated rings. The van der Waals surface area contributed by atoms with Crippen LogP contribution in [0.15, 0.2) is 29.1 Å². The van der Waals surface area contributed by atoms with Gasteiger partial charge in [0.05, 0.1) is 0 Å². The van der Waals surface area contributed by atoms with E-state index in [1.165, 1.54) is 16.7 Å². The number of aromatic nitrogens is 3. The number of hydrogen-bond donors (Lipinski definition) is 1. The summed E-state index contributed by atoms with van der Waals surface area (Å²) in [6.45, 7) is 1.78. The summed E-state index contributed by atoms with van der Waals surface area (Å²) in [5, 5.41) is 10.4. The van der Waals surface area contributed by atoms with E-state index in [0.717, 1.165) is 0 Å². The third-order valence-corrected chi connectivity index (χ3v) is 3.88. The van der Waals surface area contributed by atoms with Crippen LogP contribution in [0.1, 0.15) is 16.9 Å². The van der Waals surface area contributed by atoms with Crippen molar-refractivity contribution in [3.8, 4) is 0 Å². The molecule has 1 amide bonds. The molecule has 0 atom stereocenters. The molecular formula is C16H18FN5O3. The first kappa shape index (κ1) is 17.0. The Hall–Kier alpha value is -2.81. The van der Waals surface area contributed by atoms with Gasteiger partial charge in [-0.2, -0.15) is 0 Å². The number of nitrogens with one attached hydrogen (secondary N) is 1. The van der Waals surface area contributed by atoms with Crippen molar-refractivity contribution in [2.45, 2.75) is 13.0 Å². The van der Waals surface area contributed by atoms with Crippen molar-refractivity contribution in [3.05, 3.63) is 46.1 Å². The Morgan fingerprint density at radius 2 is 2.04 bits per heavy atom. The summed E-state index contributed by atoms with van der Waals surface area (Å²) in [5.41, 5.74) is -0.0147. The summed E-state index contributed by atoms with van der Waals surface area (Å²) in [4.78, 5) is 26.4. The first-order chi connectivity index (χ1) is 12.1. The second-order valence-electron chi connectivity index (χ2n) is 5.54. The third kappa shape index (κ3) is 3.50. The summed E-state index contributed by atoms with van der Waals surface area (Å²) in [5.74, 6) is -0.552. The molecule has 1 aliphatic heterocycles. The smallest absolute Gasteiger partial charge is 0.286 e. The summed E-state index contributed by atoms with van der Waals surface area (Å²) in [6.07, 6.45) is 0.639. The fourth-order valence-electron chi connectivity index (χ4n) is 2.62. The fraction of sp³-hybridized carbons (Fsp3) is 0.375. The van der Waals surface area contributed by atoms with Crippen LogP contribution in [-0.4, -0.2) is 47.5 Å². The highest BCUT2D eigenvalue weighted by Gasteiger charge is 2.27. The van der Waals surface area contributed by atoms with Gasteiger partial charge in [0.15, 0.2) is 0 Å². The van der Waals surface area contributed by atoms with Crippen molar-refractivity contribution in [1.29, 1.82) is 0 Å². The highest BCUT2D eigenvalue weighted by molar-refractivity contribution is 5.91. The molecule has 0 unspecified atom stereocenters. The number of ether oxygens (including phenoxy) is 1. The van der Waals surface area contributed by atoms with Crippen LogP contribution < -0.4 is 15.8 Å². The van der Waals surface area contributed by atoms with E-state index in [2.05, 4.69) is 15.5 Å². The van der Waals surface area contributed by atoms with E-state index in [4.69, 9.17) is 4.74 Å². The minimum absolute atomic E-state index is 0.234. The molecule has 0 radical (unpaired) electrons. The molecule has 3 rings (SSSR count). The van der Waals surface area contributed by atoms with Crippen molar-refractivity contribution in [2.24, 2.45) is 0 Å². The van der Waals surface area contributed by atoms with Gasteiger partial charge in [0, 0.05) is 39.0 Å². The van der Waals surface area contributed by atoms with Crippen LogP contribution >= 0.6 is 0 Å². The normalized spacial score (nSPS) is 13.0. The zero-order valence-electron chi connectivity index (χ0n) is 13.7. The molecule has 132 valence electrons. The number of rotatable bonds is 6. The molecule has 8 nitrogen and oxygen atoms in total. The van der Waals surface area contributed by atoms with Gasteiger partial charge in [0.2, 0.25) is 11.6 Å². The Morgan fingerprint density at radius 1 is 1.28 bits per heavy atom. The molecule has 0 spiro atoms. The number of carbonyl (C=O) groups is 1. The van der Waals surface area contributed by atoms with Crippen LogP contribution in [-0.2, 0) is 11.3 Å². The highest BCUT2D eigenvalue weighted by atomic mass is 19.1. The van der Waals surface area contributed by atoms with Crippen LogP contribution in [0.2, 0.25) is 0 Å². The van der Waals surface area contributed by atoms with Crippen LogP contribution in [0, 0.1) is 5.82 Å². The molecule has 2 aromatic rings. The first-order valence-electron chi connectivity index (χ1n) is 7.89. The van der Waals surface area contributed by atoms with Crippen molar-refractivity contribution in [2.75, 3.05) is 31.7 Å². The Morgan fingerprint density at radius 3 is 2.76 bits per heavy atom. The average Bonchev–Trinajstić information content (AvgIpc) is 3.04. The van der Waals surface area contributed by atoms with Gasteiger partial charge in [-0.25, -0.2) is 4.39 Å². The Kier molecular flexibility index (Phi) is 5.03. The molecule has 0 bridgehead atoms. The van der Waals surface area contributed by atoms with Gasteiger partial charge in [-0.05, 0) is 30.7 Å². The van der Waals surface area contributed by atoms with E-state index in [9.17, 15) is 14.0 Å². The number of amides is 1. The lowest BCUT2D eigenvalue weighted by molar-refractivity contribution is 0.0940. The van der Waals surface area contributed by atoms with E-state index < -0.39 is 11.5 Å². The zero-order valence-corrected chi connectivity index (χ0v) is 13.7. The Balaban J connectivity index is 1.80. The standard InChI is InChI=1S/C16H18FN5O3/c1-25-10-2-7-18-14(23)13-15(24)22-9-8-21(16(22)20-19-13)12-5-3-11(17)4-6-12/h3-6H,2,7-10H2,1H3,(H,18,23). The van der Waals surface area contributed by atoms with Gasteiger partial charge in [0.25, 0.3) is 11.5 Å². The molecule has 2 heterocycles. The lowest BCUT2D eigenvalue weighted by atomic mass is 10.3. The van der Waals surface area contributed by atoms with Crippen molar-refractivity contribution >= 4 is 17.5 Å². The predicted molar refractivity (Wildman–Crippen MR) is 88.5 cm³/mol. The third-order valence-electron chi connectivity index (χ3n) is 3.88. The number of fused-ring (bicyclic) bond motifs is 1. The van der Waals surface area contributed by atoms with Crippen LogP contribution in [0.4, 0.5) is 16.0 Å². The molecular weight excluding hydrogens is 329 g/mol. The topological polar surface area (TPSA) is 89.3 Å². The molecule has 25 heavy (non-hydrogen) atoms. The Bertz CT molecular complexity index is 822. The highest BCUT2D eigenvalue weighted by Crippen LogP contribution is 2.26. The summed E-state index contributed by atoms with van der Waals surface area (Å²) in [7, 11) is 1.58. The maximum Gasteiger partial charge on any atom is 0.286 e. The molecule has 1 N–H and O–H groups in total. The molecule has 1 aromatic heterocycles. The van der Waals surface area contributed by atoms with Crippen molar-refractivity contribution in [3.63, 3.8) is 0 Å². The number of nitrogens with zero attached hydrogens (tertiary/aromatic N) is 4. The summed E-state index contributed by atoms with van der Waals surface area (Å²) >= 11 is 0. The number of hydrogen-bond acceptors (Lipinski definition) is 6. The van der Waals surface area contributed by atoms with E-state index in [-0.39, 0.29) is 11.5 Å². The maximum absolute atomic E-state index is 13.1. The summed E-state index contributed by atoms with van der Waals surface area (Å²) < 4.78 is 19.4. The second-order valence-corrected chi connectivity index (χ2v) is 5.54. The van der Waals surface area contributed by atoms with Gasteiger partial charge in [-0.1, -0.05) is 0 Å². The molecule has 1 aliphatic rings. The molecule has 1 aromatic carbocycles. The average molecular weight is 347 g/mol. The van der Waals surface area contributed by atoms with Gasteiger partial charge < -0.3 is 15.0 Å². The maximum atomic E-state index is 13.1. The lowest BCUT2D eigenvalue weighted by Gasteiger charge is -2.16.